The predicted octanol–water partition coefficient (Wildman–Crippen LogP) is 4.40. The van der Waals surface area contributed by atoms with Gasteiger partial charge in [0.1, 0.15) is 0 Å². The third-order valence-electron chi connectivity index (χ3n) is 5.36. The lowest BCUT2D eigenvalue weighted by atomic mass is 9.78. The van der Waals surface area contributed by atoms with Crippen LogP contribution in [0.1, 0.15) is 69.7 Å². The molecule has 1 saturated carbocycles. The van der Waals surface area contributed by atoms with Crippen molar-refractivity contribution in [1.29, 1.82) is 0 Å². The first-order valence-electron chi connectivity index (χ1n) is 9.84. The summed E-state index contributed by atoms with van der Waals surface area (Å²) in [7, 11) is 0. The number of amides is 3. The molecule has 1 aromatic rings. The zero-order chi connectivity index (χ0) is 18.7. The van der Waals surface area contributed by atoms with Crippen molar-refractivity contribution in [3.63, 3.8) is 0 Å². The lowest BCUT2D eigenvalue weighted by Gasteiger charge is -2.44. The van der Waals surface area contributed by atoms with E-state index >= 15 is 0 Å². The van der Waals surface area contributed by atoms with E-state index in [0.29, 0.717) is 23.2 Å². The molecule has 3 amide bonds. The van der Waals surface area contributed by atoms with Crippen LogP contribution in [0.4, 0.5) is 10.5 Å². The summed E-state index contributed by atoms with van der Waals surface area (Å²) in [5.41, 5.74) is 1.00. The Labute approximate surface area is 156 Å². The van der Waals surface area contributed by atoms with Crippen molar-refractivity contribution < 1.29 is 9.59 Å². The summed E-state index contributed by atoms with van der Waals surface area (Å²) in [5, 5.41) is 5.70. The van der Waals surface area contributed by atoms with E-state index in [1.165, 1.54) is 25.7 Å². The van der Waals surface area contributed by atoms with Gasteiger partial charge in [0.25, 0.3) is 5.91 Å². The highest BCUT2D eigenvalue weighted by Gasteiger charge is 2.36. The summed E-state index contributed by atoms with van der Waals surface area (Å²) in [6, 6.07) is 7.43. The summed E-state index contributed by atoms with van der Waals surface area (Å²) in [6.07, 6.45) is 7.25. The van der Waals surface area contributed by atoms with E-state index in [1.54, 1.807) is 6.07 Å². The second kappa shape index (κ2) is 7.68. The molecule has 2 fully saturated rings. The minimum absolute atomic E-state index is 0.0986. The average molecular weight is 357 g/mol. The lowest BCUT2D eigenvalue weighted by Crippen LogP contribution is -2.49. The first-order chi connectivity index (χ1) is 12.3. The number of rotatable bonds is 2. The molecule has 0 unspecified atom stereocenters. The van der Waals surface area contributed by atoms with E-state index in [-0.39, 0.29) is 17.5 Å². The third-order valence-corrected chi connectivity index (χ3v) is 5.36. The average Bonchev–Trinajstić information content (AvgIpc) is 2.59. The molecule has 2 atom stereocenters. The van der Waals surface area contributed by atoms with Gasteiger partial charge < -0.3 is 15.5 Å². The normalized spacial score (nSPS) is 23.1. The highest BCUT2D eigenvalue weighted by atomic mass is 16.2. The van der Waals surface area contributed by atoms with Gasteiger partial charge in [-0.3, -0.25) is 4.79 Å². The zero-order valence-electron chi connectivity index (χ0n) is 16.2. The van der Waals surface area contributed by atoms with Gasteiger partial charge in [-0.15, -0.1) is 0 Å². The fraction of sp³-hybridized carbons (Fsp3) is 0.619. The van der Waals surface area contributed by atoms with Gasteiger partial charge in [0.05, 0.1) is 0 Å². The molecule has 142 valence electrons. The largest absolute Gasteiger partial charge is 0.335 e. The number of piperidine rings is 1. The van der Waals surface area contributed by atoms with Gasteiger partial charge in [-0.05, 0) is 70.6 Å². The molecule has 2 aliphatic rings. The second-order valence-corrected chi connectivity index (χ2v) is 8.66. The molecule has 5 heteroatoms. The Morgan fingerprint density at radius 3 is 2.58 bits per heavy atom. The molecule has 0 aromatic heterocycles. The highest BCUT2D eigenvalue weighted by Crippen LogP contribution is 2.36. The molecule has 26 heavy (non-hydrogen) atoms. The first kappa shape index (κ1) is 18.7. The Kier molecular flexibility index (Phi) is 5.54. The van der Waals surface area contributed by atoms with Crippen LogP contribution in [-0.2, 0) is 0 Å². The van der Waals surface area contributed by atoms with Crippen molar-refractivity contribution in [2.24, 2.45) is 5.92 Å². The summed E-state index contributed by atoms with van der Waals surface area (Å²) in [4.78, 5) is 27.3. The maximum Gasteiger partial charge on any atom is 0.319 e. The van der Waals surface area contributed by atoms with Gasteiger partial charge in [0.2, 0.25) is 0 Å². The number of nitrogens with one attached hydrogen (secondary N) is 2. The Balaban J connectivity index is 1.70. The SMILES string of the molecule is CC(C)(C)NC(=O)Nc1cccc(C(=O)N2CCC[C@@H]3CCCC[C@@H]32)c1. The Bertz CT molecular complexity index is 663. The van der Waals surface area contributed by atoms with Crippen LogP contribution in [0.5, 0.6) is 0 Å². The molecular weight excluding hydrogens is 326 g/mol. The van der Waals surface area contributed by atoms with Crippen molar-refractivity contribution in [3.8, 4) is 0 Å². The van der Waals surface area contributed by atoms with E-state index in [9.17, 15) is 9.59 Å². The van der Waals surface area contributed by atoms with Gasteiger partial charge in [-0.2, -0.15) is 0 Å². The van der Waals surface area contributed by atoms with E-state index in [1.807, 2.05) is 39.0 Å². The molecule has 1 aliphatic carbocycles. The van der Waals surface area contributed by atoms with Crippen LogP contribution in [0.15, 0.2) is 24.3 Å². The van der Waals surface area contributed by atoms with Gasteiger partial charge >= 0.3 is 6.03 Å². The van der Waals surface area contributed by atoms with Crippen LogP contribution in [0.25, 0.3) is 0 Å². The van der Waals surface area contributed by atoms with E-state index in [2.05, 4.69) is 15.5 Å². The highest BCUT2D eigenvalue weighted by molar-refractivity contribution is 5.97. The number of likely N-dealkylation sites (tertiary alicyclic amines) is 1. The second-order valence-electron chi connectivity index (χ2n) is 8.66. The van der Waals surface area contributed by atoms with Gasteiger partial charge in [-0.1, -0.05) is 18.9 Å². The molecule has 1 aromatic carbocycles. The number of anilines is 1. The molecule has 2 N–H and O–H groups in total. The number of fused-ring (bicyclic) bond motifs is 1. The van der Waals surface area contributed by atoms with E-state index in [4.69, 9.17) is 0 Å². The van der Waals surface area contributed by atoms with Crippen LogP contribution >= 0.6 is 0 Å². The number of nitrogens with zero attached hydrogens (tertiary/aromatic N) is 1. The maximum atomic E-state index is 13.1. The molecule has 0 radical (unpaired) electrons. The monoisotopic (exact) mass is 357 g/mol. The molecular formula is C21H31N3O2. The molecule has 0 spiro atoms. The molecule has 1 heterocycles. The quantitative estimate of drug-likeness (QED) is 0.824. The Morgan fingerprint density at radius 2 is 1.81 bits per heavy atom. The lowest BCUT2D eigenvalue weighted by molar-refractivity contribution is 0.0390. The van der Waals surface area contributed by atoms with Crippen molar-refractivity contribution in [2.45, 2.75) is 70.9 Å². The molecule has 1 aliphatic heterocycles. The Morgan fingerprint density at radius 1 is 1.08 bits per heavy atom. The van der Waals surface area contributed by atoms with Crippen molar-refractivity contribution in [1.82, 2.24) is 10.2 Å². The number of carbonyl (C=O) groups excluding carboxylic acids is 2. The standard InChI is InChI=1S/C21H31N3O2/c1-21(2,3)23-20(26)22-17-11-6-9-16(14-17)19(25)24-13-7-10-15-8-4-5-12-18(15)24/h6,9,11,14-15,18H,4-5,7-8,10,12-13H2,1-3H3,(H2,22,23,26)/t15-,18-/m0/s1. The van der Waals surface area contributed by atoms with Gasteiger partial charge in [-0.25, -0.2) is 4.79 Å². The summed E-state index contributed by atoms with van der Waals surface area (Å²) in [6.45, 7) is 6.65. The fourth-order valence-corrected chi connectivity index (χ4v) is 4.28. The number of urea groups is 1. The number of carbonyl (C=O) groups is 2. The summed E-state index contributed by atoms with van der Waals surface area (Å²) in [5.74, 6) is 0.766. The number of hydrogen-bond donors (Lipinski definition) is 2. The van der Waals surface area contributed by atoms with Crippen molar-refractivity contribution >= 4 is 17.6 Å². The minimum atomic E-state index is -0.304. The van der Waals surface area contributed by atoms with Crippen LogP contribution in [0.3, 0.4) is 0 Å². The zero-order valence-corrected chi connectivity index (χ0v) is 16.2. The van der Waals surface area contributed by atoms with Crippen LogP contribution in [0, 0.1) is 5.92 Å². The molecule has 1 saturated heterocycles. The first-order valence-corrected chi connectivity index (χ1v) is 9.84. The molecule has 3 rings (SSSR count). The van der Waals surface area contributed by atoms with Crippen molar-refractivity contribution in [2.75, 3.05) is 11.9 Å². The van der Waals surface area contributed by atoms with E-state index < -0.39 is 0 Å². The third kappa shape index (κ3) is 4.57. The smallest absolute Gasteiger partial charge is 0.319 e. The Hall–Kier alpha value is -2.04. The topological polar surface area (TPSA) is 61.4 Å². The van der Waals surface area contributed by atoms with Crippen molar-refractivity contribution in [3.05, 3.63) is 29.8 Å². The molecule has 0 bridgehead atoms. The number of benzene rings is 1. The summed E-state index contributed by atoms with van der Waals surface area (Å²) < 4.78 is 0. The van der Waals surface area contributed by atoms with Crippen LogP contribution in [-0.4, -0.2) is 35.0 Å². The van der Waals surface area contributed by atoms with E-state index in [0.717, 1.165) is 19.4 Å². The van der Waals surface area contributed by atoms with Gasteiger partial charge in [0, 0.05) is 29.4 Å². The molecule has 5 nitrogen and oxygen atoms in total. The summed E-state index contributed by atoms with van der Waals surface area (Å²) >= 11 is 0. The maximum absolute atomic E-state index is 13.1. The fourth-order valence-electron chi connectivity index (χ4n) is 4.28. The predicted molar refractivity (Wildman–Crippen MR) is 104 cm³/mol. The minimum Gasteiger partial charge on any atom is -0.335 e. The van der Waals surface area contributed by atoms with Gasteiger partial charge in [0.15, 0.2) is 0 Å². The van der Waals surface area contributed by atoms with Crippen LogP contribution in [0.2, 0.25) is 0 Å². The van der Waals surface area contributed by atoms with Crippen LogP contribution < -0.4 is 10.6 Å². The number of hydrogen-bond acceptors (Lipinski definition) is 2.